The molecule has 19 heavy (non-hydrogen) atoms. The molecule has 0 aliphatic rings. The van der Waals surface area contributed by atoms with E-state index in [-0.39, 0.29) is 10.8 Å². The highest BCUT2D eigenvalue weighted by molar-refractivity contribution is 6.30. The fraction of sp³-hybridized carbons (Fsp3) is 0.200. The molecule has 2 rings (SSSR count). The fourth-order valence-corrected chi connectivity index (χ4v) is 2.01. The highest BCUT2D eigenvalue weighted by atomic mass is 35.5. The lowest BCUT2D eigenvalue weighted by Crippen LogP contribution is -2.16. The predicted molar refractivity (Wildman–Crippen MR) is 78.3 cm³/mol. The Morgan fingerprint density at radius 3 is 2.32 bits per heavy atom. The van der Waals surface area contributed by atoms with Gasteiger partial charge in [-0.15, -0.1) is 0 Å². The van der Waals surface area contributed by atoms with Gasteiger partial charge in [0.1, 0.15) is 5.82 Å². The molecule has 0 fully saturated rings. The molecule has 0 aliphatic carbocycles. The second-order valence-electron chi connectivity index (χ2n) is 4.30. The molecule has 0 radical (unpaired) electrons. The minimum atomic E-state index is -0.376. The Morgan fingerprint density at radius 1 is 0.947 bits per heavy atom. The molecule has 0 saturated heterocycles. The van der Waals surface area contributed by atoms with Crippen LogP contribution in [0.25, 0.3) is 0 Å². The molecule has 0 spiro atoms. The van der Waals surface area contributed by atoms with Gasteiger partial charge in [-0.2, -0.15) is 0 Å². The van der Waals surface area contributed by atoms with Crippen LogP contribution in [0.5, 0.6) is 0 Å². The van der Waals surface area contributed by atoms with Crippen LogP contribution < -0.4 is 5.32 Å². The number of hydrogen-bond acceptors (Lipinski definition) is 1. The first-order valence-corrected chi connectivity index (χ1v) is 6.80. The molecular formula is C15H14Cl2FN. The molecule has 2 aromatic carbocycles. The van der Waals surface area contributed by atoms with E-state index >= 15 is 0 Å². The third-order valence-corrected chi connectivity index (χ3v) is 3.38. The van der Waals surface area contributed by atoms with Crippen molar-refractivity contribution in [2.24, 2.45) is 0 Å². The summed E-state index contributed by atoms with van der Waals surface area (Å²) in [5.74, 6) is -0.376. The van der Waals surface area contributed by atoms with Crippen molar-refractivity contribution in [2.75, 3.05) is 6.54 Å². The summed E-state index contributed by atoms with van der Waals surface area (Å²) < 4.78 is 13.2. The van der Waals surface area contributed by atoms with Crippen LogP contribution in [-0.4, -0.2) is 6.54 Å². The molecule has 0 heterocycles. The first-order valence-electron chi connectivity index (χ1n) is 6.04. The van der Waals surface area contributed by atoms with E-state index in [0.29, 0.717) is 6.54 Å². The smallest absolute Gasteiger partial charge is 0.142 e. The molecule has 0 amide bonds. The van der Waals surface area contributed by atoms with Crippen molar-refractivity contribution in [1.82, 2.24) is 5.32 Å². The molecule has 0 aliphatic heterocycles. The third-order valence-electron chi connectivity index (χ3n) is 2.82. The maximum absolute atomic E-state index is 13.2. The van der Waals surface area contributed by atoms with Gasteiger partial charge in [-0.05, 0) is 48.4 Å². The Hall–Kier alpha value is -1.09. The van der Waals surface area contributed by atoms with Gasteiger partial charge >= 0.3 is 0 Å². The number of benzene rings is 2. The van der Waals surface area contributed by atoms with E-state index in [1.807, 2.05) is 30.3 Å². The predicted octanol–water partition coefficient (Wildman–Crippen LogP) is 4.46. The highest BCUT2D eigenvalue weighted by Gasteiger charge is 2.00. The van der Waals surface area contributed by atoms with Crippen LogP contribution >= 0.6 is 23.2 Å². The largest absolute Gasteiger partial charge is 0.312 e. The van der Waals surface area contributed by atoms with Crippen molar-refractivity contribution < 1.29 is 4.39 Å². The Bertz CT molecular complexity index is 540. The van der Waals surface area contributed by atoms with Crippen molar-refractivity contribution in [3.63, 3.8) is 0 Å². The average molecular weight is 298 g/mol. The summed E-state index contributed by atoms with van der Waals surface area (Å²) in [7, 11) is 0. The van der Waals surface area contributed by atoms with Crippen molar-refractivity contribution in [2.45, 2.75) is 13.0 Å². The van der Waals surface area contributed by atoms with Crippen molar-refractivity contribution >= 4 is 23.2 Å². The first kappa shape index (κ1) is 14.3. The van der Waals surface area contributed by atoms with Crippen molar-refractivity contribution in [1.29, 1.82) is 0 Å². The van der Waals surface area contributed by atoms with E-state index in [4.69, 9.17) is 23.2 Å². The standard InChI is InChI=1S/C15H14Cl2FN/c16-13-4-1-11(2-5-13)7-8-19-10-12-3-6-14(17)15(18)9-12/h1-6,9,19H,7-8,10H2. The molecule has 0 saturated carbocycles. The number of rotatable bonds is 5. The minimum absolute atomic E-state index is 0.157. The quantitative estimate of drug-likeness (QED) is 0.803. The van der Waals surface area contributed by atoms with Gasteiger partial charge in [0, 0.05) is 11.6 Å². The zero-order chi connectivity index (χ0) is 13.7. The SMILES string of the molecule is Fc1cc(CNCCc2ccc(Cl)cc2)ccc1Cl. The van der Waals surface area contributed by atoms with Crippen molar-refractivity contribution in [3.8, 4) is 0 Å². The van der Waals surface area contributed by atoms with Gasteiger partial charge in [0.05, 0.1) is 5.02 Å². The molecular weight excluding hydrogens is 284 g/mol. The third kappa shape index (κ3) is 4.50. The summed E-state index contributed by atoms with van der Waals surface area (Å²) in [6.07, 6.45) is 0.910. The van der Waals surface area contributed by atoms with E-state index in [9.17, 15) is 4.39 Å². The Balaban J connectivity index is 1.77. The topological polar surface area (TPSA) is 12.0 Å². The molecule has 0 unspecified atom stereocenters. The van der Waals surface area contributed by atoms with Crippen LogP contribution in [0.2, 0.25) is 10.0 Å². The lowest BCUT2D eigenvalue weighted by Gasteiger charge is -2.06. The van der Waals surface area contributed by atoms with Gasteiger partial charge in [-0.25, -0.2) is 4.39 Å². The number of hydrogen-bond donors (Lipinski definition) is 1. The molecule has 1 nitrogen and oxygen atoms in total. The van der Waals surface area contributed by atoms with Crippen molar-refractivity contribution in [3.05, 3.63) is 69.5 Å². The van der Waals surface area contributed by atoms with E-state index in [1.54, 1.807) is 6.07 Å². The summed E-state index contributed by atoms with van der Waals surface area (Å²) in [4.78, 5) is 0. The molecule has 2 aromatic rings. The summed E-state index contributed by atoms with van der Waals surface area (Å²) in [6, 6.07) is 12.6. The Morgan fingerprint density at radius 2 is 1.63 bits per heavy atom. The highest BCUT2D eigenvalue weighted by Crippen LogP contribution is 2.15. The molecule has 4 heteroatoms. The minimum Gasteiger partial charge on any atom is -0.312 e. The van der Waals surface area contributed by atoms with E-state index in [2.05, 4.69) is 5.32 Å². The van der Waals surface area contributed by atoms with Gasteiger partial charge in [-0.3, -0.25) is 0 Å². The number of halogens is 3. The van der Waals surface area contributed by atoms with Gasteiger partial charge in [0.25, 0.3) is 0 Å². The van der Waals surface area contributed by atoms with Crippen LogP contribution in [0.4, 0.5) is 4.39 Å². The van der Waals surface area contributed by atoms with Crippen LogP contribution in [0.3, 0.4) is 0 Å². The van der Waals surface area contributed by atoms with Gasteiger partial charge < -0.3 is 5.32 Å². The molecule has 0 atom stereocenters. The lowest BCUT2D eigenvalue weighted by molar-refractivity contribution is 0.620. The molecule has 0 aromatic heterocycles. The fourth-order valence-electron chi connectivity index (χ4n) is 1.77. The lowest BCUT2D eigenvalue weighted by atomic mass is 10.1. The van der Waals surface area contributed by atoms with Gasteiger partial charge in [0.15, 0.2) is 0 Å². The molecule has 100 valence electrons. The van der Waals surface area contributed by atoms with Crippen LogP contribution in [0.1, 0.15) is 11.1 Å². The van der Waals surface area contributed by atoms with E-state index in [0.717, 1.165) is 23.6 Å². The monoisotopic (exact) mass is 297 g/mol. The maximum atomic E-state index is 13.2. The summed E-state index contributed by atoms with van der Waals surface area (Å²) in [6.45, 7) is 1.45. The summed E-state index contributed by atoms with van der Waals surface area (Å²) >= 11 is 11.4. The maximum Gasteiger partial charge on any atom is 0.142 e. The molecule has 1 N–H and O–H groups in total. The first-order chi connectivity index (χ1) is 9.15. The Kier molecular flexibility index (Phi) is 5.20. The Labute approximate surface area is 122 Å². The second kappa shape index (κ2) is 6.90. The molecule has 0 bridgehead atoms. The van der Waals surface area contributed by atoms with Gasteiger partial charge in [0.2, 0.25) is 0 Å². The van der Waals surface area contributed by atoms with E-state index in [1.165, 1.54) is 11.6 Å². The van der Waals surface area contributed by atoms with Crippen LogP contribution in [-0.2, 0) is 13.0 Å². The number of nitrogens with one attached hydrogen (secondary N) is 1. The van der Waals surface area contributed by atoms with Crippen LogP contribution in [0.15, 0.2) is 42.5 Å². The zero-order valence-electron chi connectivity index (χ0n) is 10.3. The normalized spacial score (nSPS) is 10.7. The second-order valence-corrected chi connectivity index (χ2v) is 5.15. The summed E-state index contributed by atoms with van der Waals surface area (Å²) in [5, 5.41) is 4.17. The summed E-state index contributed by atoms with van der Waals surface area (Å²) in [5.41, 5.74) is 2.11. The zero-order valence-corrected chi connectivity index (χ0v) is 11.8. The average Bonchev–Trinajstić information content (AvgIpc) is 2.41. The van der Waals surface area contributed by atoms with Gasteiger partial charge in [-0.1, -0.05) is 41.4 Å². The van der Waals surface area contributed by atoms with Crippen LogP contribution in [0, 0.1) is 5.82 Å². The van der Waals surface area contributed by atoms with E-state index < -0.39 is 0 Å².